The molecule has 4 heteroatoms. The average molecular weight is 368 g/mol. The Morgan fingerprint density at radius 3 is 1.25 bits per heavy atom. The molecule has 0 aliphatic carbocycles. The highest BCUT2D eigenvalue weighted by Gasteiger charge is 2.14. The third-order valence-corrected chi connectivity index (χ3v) is 4.27. The first-order valence-electron chi connectivity index (χ1n) is 8.78. The van der Waals surface area contributed by atoms with Crippen molar-refractivity contribution in [3.63, 3.8) is 0 Å². The lowest BCUT2D eigenvalue weighted by molar-refractivity contribution is 0.0725. The Morgan fingerprint density at radius 2 is 0.857 bits per heavy atom. The van der Waals surface area contributed by atoms with E-state index < -0.39 is 11.9 Å². The summed E-state index contributed by atoms with van der Waals surface area (Å²) in [6.45, 7) is 0. The largest absolute Gasteiger partial charge is 0.422 e. The number of esters is 2. The topological polar surface area (TPSA) is 52.6 Å². The predicted molar refractivity (Wildman–Crippen MR) is 107 cm³/mol. The molecule has 0 amide bonds. The van der Waals surface area contributed by atoms with Crippen LogP contribution in [-0.2, 0) is 0 Å². The van der Waals surface area contributed by atoms with Crippen molar-refractivity contribution in [2.24, 2.45) is 0 Å². The van der Waals surface area contributed by atoms with Crippen LogP contribution in [0.3, 0.4) is 0 Å². The lowest BCUT2D eigenvalue weighted by atomic mass is 10.1. The van der Waals surface area contributed by atoms with Gasteiger partial charge >= 0.3 is 11.9 Å². The summed E-state index contributed by atoms with van der Waals surface area (Å²) in [7, 11) is 0. The lowest BCUT2D eigenvalue weighted by Gasteiger charge is -2.11. The second-order valence-corrected chi connectivity index (χ2v) is 6.12. The molecule has 0 N–H and O–H groups in total. The number of carbonyl (C=O) groups is 2. The van der Waals surface area contributed by atoms with Crippen LogP contribution in [0, 0.1) is 0 Å². The summed E-state index contributed by atoms with van der Waals surface area (Å²) in [6.07, 6.45) is 0. The van der Waals surface area contributed by atoms with E-state index >= 15 is 0 Å². The van der Waals surface area contributed by atoms with E-state index in [9.17, 15) is 9.59 Å². The van der Waals surface area contributed by atoms with Gasteiger partial charge in [-0.05, 0) is 36.4 Å². The Morgan fingerprint density at radius 1 is 0.464 bits per heavy atom. The first kappa shape index (κ1) is 17.5. The van der Waals surface area contributed by atoms with Crippen LogP contribution in [-0.4, -0.2) is 11.9 Å². The van der Waals surface area contributed by atoms with Gasteiger partial charge in [-0.2, -0.15) is 0 Å². The number of hydrogen-bond donors (Lipinski definition) is 0. The summed E-state index contributed by atoms with van der Waals surface area (Å²) in [4.78, 5) is 24.8. The van der Waals surface area contributed by atoms with Crippen LogP contribution in [0.15, 0.2) is 97.1 Å². The van der Waals surface area contributed by atoms with Gasteiger partial charge in [0.25, 0.3) is 0 Å². The summed E-state index contributed by atoms with van der Waals surface area (Å²) in [6, 6.07) is 28.2. The zero-order valence-electron chi connectivity index (χ0n) is 14.9. The zero-order valence-corrected chi connectivity index (χ0v) is 14.9. The highest BCUT2D eigenvalue weighted by Crippen LogP contribution is 2.33. The van der Waals surface area contributed by atoms with Crippen LogP contribution in [0.2, 0.25) is 0 Å². The van der Waals surface area contributed by atoms with Crippen molar-refractivity contribution in [2.45, 2.75) is 0 Å². The Hall–Kier alpha value is -3.92. The molecular formula is C24H16O4. The second kappa shape index (κ2) is 7.76. The van der Waals surface area contributed by atoms with Crippen LogP contribution in [0.1, 0.15) is 20.7 Å². The molecule has 0 fully saturated rings. The molecule has 0 atom stereocenters. The monoisotopic (exact) mass is 368 g/mol. The van der Waals surface area contributed by atoms with Crippen molar-refractivity contribution in [2.75, 3.05) is 0 Å². The molecule has 136 valence electrons. The van der Waals surface area contributed by atoms with Gasteiger partial charge in [-0.25, -0.2) is 9.59 Å². The summed E-state index contributed by atoms with van der Waals surface area (Å²) in [5.74, 6) is -0.0764. The van der Waals surface area contributed by atoms with E-state index in [4.69, 9.17) is 9.47 Å². The van der Waals surface area contributed by atoms with Crippen LogP contribution in [0.25, 0.3) is 10.8 Å². The standard InChI is InChI=1S/C24H16O4/c25-23(17-9-3-1-4-10-17)27-21-15-7-14-20-19(21)13-8-16-22(20)28-24(26)18-11-5-2-6-12-18/h1-16H. The smallest absolute Gasteiger partial charge is 0.343 e. The van der Waals surface area contributed by atoms with E-state index in [1.54, 1.807) is 72.8 Å². The molecule has 0 saturated heterocycles. The number of benzene rings is 4. The molecule has 0 unspecified atom stereocenters. The summed E-state index contributed by atoms with van der Waals surface area (Å²) in [5.41, 5.74) is 0.928. The Labute approximate surface area is 162 Å². The fourth-order valence-electron chi connectivity index (χ4n) is 2.90. The molecule has 28 heavy (non-hydrogen) atoms. The highest BCUT2D eigenvalue weighted by molar-refractivity contribution is 5.99. The second-order valence-electron chi connectivity index (χ2n) is 6.12. The maximum atomic E-state index is 12.4. The maximum Gasteiger partial charge on any atom is 0.343 e. The van der Waals surface area contributed by atoms with Gasteiger partial charge in [0.05, 0.1) is 11.1 Å². The molecule has 4 aromatic rings. The molecule has 0 bridgehead atoms. The van der Waals surface area contributed by atoms with Gasteiger partial charge in [-0.15, -0.1) is 0 Å². The SMILES string of the molecule is O=C(Oc1cccc2c(OC(=O)c3ccccc3)cccc12)c1ccccc1. The first-order chi connectivity index (χ1) is 13.7. The molecule has 0 heterocycles. The van der Waals surface area contributed by atoms with E-state index in [1.165, 1.54) is 0 Å². The van der Waals surface area contributed by atoms with Crippen molar-refractivity contribution in [1.82, 2.24) is 0 Å². The van der Waals surface area contributed by atoms with Crippen LogP contribution in [0.4, 0.5) is 0 Å². The Bertz CT molecular complexity index is 1040. The molecule has 0 saturated carbocycles. The number of rotatable bonds is 4. The summed E-state index contributed by atoms with van der Waals surface area (Å²) >= 11 is 0. The minimum absolute atomic E-state index is 0.406. The highest BCUT2D eigenvalue weighted by atomic mass is 16.5. The molecule has 0 aliphatic rings. The van der Waals surface area contributed by atoms with E-state index in [1.807, 2.05) is 24.3 Å². The van der Waals surface area contributed by atoms with Gasteiger partial charge < -0.3 is 9.47 Å². The van der Waals surface area contributed by atoms with Crippen molar-refractivity contribution < 1.29 is 19.1 Å². The van der Waals surface area contributed by atoms with Gasteiger partial charge in [0.1, 0.15) is 11.5 Å². The van der Waals surface area contributed by atoms with Crippen LogP contribution >= 0.6 is 0 Å². The van der Waals surface area contributed by atoms with Gasteiger partial charge in [0.15, 0.2) is 0 Å². The number of fused-ring (bicyclic) bond motifs is 1. The van der Waals surface area contributed by atoms with E-state index in [-0.39, 0.29) is 0 Å². The van der Waals surface area contributed by atoms with Crippen molar-refractivity contribution in [1.29, 1.82) is 0 Å². The van der Waals surface area contributed by atoms with Crippen LogP contribution < -0.4 is 9.47 Å². The predicted octanol–water partition coefficient (Wildman–Crippen LogP) is 5.28. The Kier molecular flexibility index (Phi) is 4.85. The molecule has 4 nitrogen and oxygen atoms in total. The zero-order chi connectivity index (χ0) is 19.3. The van der Waals surface area contributed by atoms with Crippen molar-refractivity contribution >= 4 is 22.7 Å². The third-order valence-electron chi connectivity index (χ3n) is 4.27. The summed E-state index contributed by atoms with van der Waals surface area (Å²) in [5, 5.41) is 1.37. The molecule has 0 radical (unpaired) electrons. The minimum atomic E-state index is -0.445. The quantitative estimate of drug-likeness (QED) is 0.363. The van der Waals surface area contributed by atoms with Gasteiger partial charge in [0, 0.05) is 10.8 Å². The average Bonchev–Trinajstić information content (AvgIpc) is 2.75. The fourth-order valence-corrected chi connectivity index (χ4v) is 2.90. The van der Waals surface area contributed by atoms with E-state index in [0.29, 0.717) is 33.4 Å². The third kappa shape index (κ3) is 3.62. The summed E-state index contributed by atoms with van der Waals surface area (Å²) < 4.78 is 11.2. The number of ether oxygens (including phenoxy) is 2. The molecule has 4 aromatic carbocycles. The maximum absolute atomic E-state index is 12.4. The molecule has 0 spiro atoms. The number of hydrogen-bond acceptors (Lipinski definition) is 4. The molecule has 0 aliphatic heterocycles. The molecule has 0 aromatic heterocycles. The van der Waals surface area contributed by atoms with E-state index in [0.717, 1.165) is 0 Å². The van der Waals surface area contributed by atoms with Crippen molar-refractivity contribution in [3.05, 3.63) is 108 Å². The van der Waals surface area contributed by atoms with Crippen molar-refractivity contribution in [3.8, 4) is 11.5 Å². The number of carbonyl (C=O) groups excluding carboxylic acids is 2. The first-order valence-corrected chi connectivity index (χ1v) is 8.78. The van der Waals surface area contributed by atoms with Crippen LogP contribution in [0.5, 0.6) is 11.5 Å². The van der Waals surface area contributed by atoms with Gasteiger partial charge in [0.2, 0.25) is 0 Å². The molecular weight excluding hydrogens is 352 g/mol. The normalized spacial score (nSPS) is 10.4. The van der Waals surface area contributed by atoms with Gasteiger partial charge in [-0.1, -0.05) is 60.7 Å². The fraction of sp³-hybridized carbons (Fsp3) is 0. The Balaban J connectivity index is 1.65. The van der Waals surface area contributed by atoms with E-state index in [2.05, 4.69) is 0 Å². The minimum Gasteiger partial charge on any atom is -0.422 e. The lowest BCUT2D eigenvalue weighted by Crippen LogP contribution is -2.09. The molecule has 4 rings (SSSR count). The van der Waals surface area contributed by atoms with Gasteiger partial charge in [-0.3, -0.25) is 0 Å².